The van der Waals surface area contributed by atoms with Gasteiger partial charge in [-0.15, -0.1) is 0 Å². The summed E-state index contributed by atoms with van der Waals surface area (Å²) in [6.07, 6.45) is 2.17. The minimum Gasteiger partial charge on any atom is -0.427 e. The van der Waals surface area contributed by atoms with Gasteiger partial charge in [-0.05, 0) is 37.1 Å². The molecule has 1 fully saturated rings. The van der Waals surface area contributed by atoms with Crippen molar-refractivity contribution in [3.63, 3.8) is 0 Å². The molecule has 5 nitrogen and oxygen atoms in total. The van der Waals surface area contributed by atoms with Crippen molar-refractivity contribution in [3.8, 4) is 5.75 Å². The topological polar surface area (TPSA) is 64.6 Å². The summed E-state index contributed by atoms with van der Waals surface area (Å²) >= 11 is 0. The van der Waals surface area contributed by atoms with Crippen LogP contribution in [0.1, 0.15) is 30.1 Å². The molecule has 1 atom stereocenters. The Morgan fingerprint density at radius 2 is 2.11 bits per heavy atom. The molecule has 0 saturated carbocycles. The van der Waals surface area contributed by atoms with Crippen molar-refractivity contribution < 1.29 is 19.1 Å². The van der Waals surface area contributed by atoms with Gasteiger partial charge in [0.15, 0.2) is 0 Å². The van der Waals surface area contributed by atoms with E-state index in [1.807, 2.05) is 0 Å². The van der Waals surface area contributed by atoms with Crippen LogP contribution in [0.2, 0.25) is 0 Å². The van der Waals surface area contributed by atoms with E-state index in [-0.39, 0.29) is 18.0 Å². The number of carbonyl (C=O) groups is 2. The molecule has 1 aromatic carbocycles. The van der Waals surface area contributed by atoms with Crippen LogP contribution in [0.3, 0.4) is 0 Å². The standard InChI is InChI=1S/C14H17NO4/c1-10(16)19-12-6-4-11(5-7-12)14(17)15-9-13-3-2-8-18-13/h4-7,13H,2-3,8-9H2,1H3,(H,15,17). The maximum Gasteiger partial charge on any atom is 0.308 e. The van der Waals surface area contributed by atoms with Crippen LogP contribution in [0, 0.1) is 0 Å². The molecule has 0 aromatic heterocycles. The summed E-state index contributed by atoms with van der Waals surface area (Å²) in [6.45, 7) is 2.64. The van der Waals surface area contributed by atoms with Crippen molar-refractivity contribution in [1.82, 2.24) is 5.32 Å². The fraction of sp³-hybridized carbons (Fsp3) is 0.429. The van der Waals surface area contributed by atoms with Crippen LogP contribution in [0.4, 0.5) is 0 Å². The zero-order chi connectivity index (χ0) is 13.7. The van der Waals surface area contributed by atoms with Crippen LogP contribution in [0.25, 0.3) is 0 Å². The summed E-state index contributed by atoms with van der Waals surface area (Å²) in [5.74, 6) is -0.0939. The Labute approximate surface area is 111 Å². The highest BCUT2D eigenvalue weighted by molar-refractivity contribution is 5.94. The van der Waals surface area contributed by atoms with Crippen molar-refractivity contribution in [2.24, 2.45) is 0 Å². The van der Waals surface area contributed by atoms with Gasteiger partial charge in [0.05, 0.1) is 6.10 Å². The molecule has 1 aliphatic heterocycles. The highest BCUT2D eigenvalue weighted by Gasteiger charge is 2.16. The number of amides is 1. The number of rotatable bonds is 4. The van der Waals surface area contributed by atoms with E-state index in [0.29, 0.717) is 17.9 Å². The van der Waals surface area contributed by atoms with E-state index >= 15 is 0 Å². The Hall–Kier alpha value is -1.88. The highest BCUT2D eigenvalue weighted by Crippen LogP contribution is 2.13. The van der Waals surface area contributed by atoms with E-state index in [1.54, 1.807) is 24.3 Å². The molecule has 1 heterocycles. The van der Waals surface area contributed by atoms with E-state index in [0.717, 1.165) is 19.4 Å². The summed E-state index contributed by atoms with van der Waals surface area (Å²) in [5.41, 5.74) is 0.536. The molecule has 1 N–H and O–H groups in total. The SMILES string of the molecule is CC(=O)Oc1ccc(C(=O)NCC2CCCO2)cc1. The highest BCUT2D eigenvalue weighted by atomic mass is 16.5. The molecule has 1 unspecified atom stereocenters. The smallest absolute Gasteiger partial charge is 0.308 e. The van der Waals surface area contributed by atoms with E-state index < -0.39 is 0 Å². The normalized spacial score (nSPS) is 18.1. The van der Waals surface area contributed by atoms with Crippen molar-refractivity contribution >= 4 is 11.9 Å². The second kappa shape index (κ2) is 6.33. The molecule has 0 spiro atoms. The maximum atomic E-state index is 11.9. The lowest BCUT2D eigenvalue weighted by Gasteiger charge is -2.10. The van der Waals surface area contributed by atoms with Crippen molar-refractivity contribution in [3.05, 3.63) is 29.8 Å². The molecule has 2 rings (SSSR count). The summed E-state index contributed by atoms with van der Waals surface area (Å²) in [5, 5.41) is 2.83. The second-order valence-corrected chi connectivity index (χ2v) is 4.46. The molecule has 1 aliphatic rings. The van der Waals surface area contributed by atoms with Crippen LogP contribution in [0.5, 0.6) is 5.75 Å². The summed E-state index contributed by atoms with van der Waals surface area (Å²) in [4.78, 5) is 22.6. The summed E-state index contributed by atoms with van der Waals surface area (Å²) < 4.78 is 10.3. The van der Waals surface area contributed by atoms with Crippen LogP contribution in [-0.4, -0.2) is 31.1 Å². The predicted molar refractivity (Wildman–Crippen MR) is 69.1 cm³/mol. The fourth-order valence-corrected chi connectivity index (χ4v) is 1.95. The molecule has 0 bridgehead atoms. The molecule has 5 heteroatoms. The Bertz CT molecular complexity index is 449. The zero-order valence-corrected chi connectivity index (χ0v) is 10.8. The average Bonchev–Trinajstić information content (AvgIpc) is 2.89. The van der Waals surface area contributed by atoms with Crippen LogP contribution < -0.4 is 10.1 Å². The van der Waals surface area contributed by atoms with Gasteiger partial charge in [0.25, 0.3) is 5.91 Å². The van der Waals surface area contributed by atoms with E-state index in [9.17, 15) is 9.59 Å². The minimum atomic E-state index is -0.379. The van der Waals surface area contributed by atoms with Crippen molar-refractivity contribution in [1.29, 1.82) is 0 Å². The molecule has 1 aromatic rings. The molecule has 1 amide bonds. The lowest BCUT2D eigenvalue weighted by atomic mass is 10.2. The first kappa shape index (κ1) is 13.5. The Kier molecular flexibility index (Phi) is 4.52. The van der Waals surface area contributed by atoms with Gasteiger partial charge in [0, 0.05) is 25.6 Å². The first-order valence-electron chi connectivity index (χ1n) is 6.33. The van der Waals surface area contributed by atoms with Gasteiger partial charge in [-0.2, -0.15) is 0 Å². The van der Waals surface area contributed by atoms with Gasteiger partial charge >= 0.3 is 5.97 Å². The molecule has 19 heavy (non-hydrogen) atoms. The number of ether oxygens (including phenoxy) is 2. The number of esters is 1. The third kappa shape index (κ3) is 4.06. The number of benzene rings is 1. The van der Waals surface area contributed by atoms with E-state index in [4.69, 9.17) is 9.47 Å². The summed E-state index contributed by atoms with van der Waals surface area (Å²) in [7, 11) is 0. The first-order valence-corrected chi connectivity index (χ1v) is 6.33. The van der Waals surface area contributed by atoms with Gasteiger partial charge in [-0.1, -0.05) is 0 Å². The third-order valence-electron chi connectivity index (χ3n) is 2.89. The Morgan fingerprint density at radius 3 is 2.68 bits per heavy atom. The lowest BCUT2D eigenvalue weighted by molar-refractivity contribution is -0.131. The molecule has 0 aliphatic carbocycles. The van der Waals surface area contributed by atoms with Gasteiger partial charge in [-0.25, -0.2) is 0 Å². The minimum absolute atomic E-state index is 0.129. The second-order valence-electron chi connectivity index (χ2n) is 4.46. The average molecular weight is 263 g/mol. The quantitative estimate of drug-likeness (QED) is 0.660. The van der Waals surface area contributed by atoms with Crippen LogP contribution in [-0.2, 0) is 9.53 Å². The summed E-state index contributed by atoms with van der Waals surface area (Å²) in [6, 6.07) is 6.46. The molecule has 1 saturated heterocycles. The van der Waals surface area contributed by atoms with Gasteiger partial charge in [0.1, 0.15) is 5.75 Å². The molecular formula is C14H17NO4. The van der Waals surface area contributed by atoms with E-state index in [2.05, 4.69) is 5.32 Å². The van der Waals surface area contributed by atoms with Gasteiger partial charge in [0.2, 0.25) is 0 Å². The third-order valence-corrected chi connectivity index (χ3v) is 2.89. The van der Waals surface area contributed by atoms with Crippen molar-refractivity contribution in [2.75, 3.05) is 13.2 Å². The van der Waals surface area contributed by atoms with Crippen LogP contribution >= 0.6 is 0 Å². The largest absolute Gasteiger partial charge is 0.427 e. The molecule has 102 valence electrons. The van der Waals surface area contributed by atoms with Crippen LogP contribution in [0.15, 0.2) is 24.3 Å². The lowest BCUT2D eigenvalue weighted by Crippen LogP contribution is -2.31. The zero-order valence-electron chi connectivity index (χ0n) is 10.8. The number of hydrogen-bond donors (Lipinski definition) is 1. The number of nitrogens with one attached hydrogen (secondary N) is 1. The monoisotopic (exact) mass is 263 g/mol. The molecule has 0 radical (unpaired) electrons. The first-order chi connectivity index (χ1) is 9.15. The number of carbonyl (C=O) groups excluding carboxylic acids is 2. The Morgan fingerprint density at radius 1 is 1.37 bits per heavy atom. The number of hydrogen-bond acceptors (Lipinski definition) is 4. The van der Waals surface area contributed by atoms with Crippen molar-refractivity contribution in [2.45, 2.75) is 25.9 Å². The predicted octanol–water partition coefficient (Wildman–Crippen LogP) is 1.52. The van der Waals surface area contributed by atoms with E-state index in [1.165, 1.54) is 6.92 Å². The molecular weight excluding hydrogens is 246 g/mol. The maximum absolute atomic E-state index is 11.9. The van der Waals surface area contributed by atoms with Gasteiger partial charge in [-0.3, -0.25) is 9.59 Å². The Balaban J connectivity index is 1.86. The van der Waals surface area contributed by atoms with Gasteiger partial charge < -0.3 is 14.8 Å². The fourth-order valence-electron chi connectivity index (χ4n) is 1.95.